The van der Waals surface area contributed by atoms with E-state index in [1.54, 1.807) is 0 Å². The van der Waals surface area contributed by atoms with Crippen molar-refractivity contribution in [3.8, 4) is 0 Å². The van der Waals surface area contributed by atoms with E-state index in [2.05, 4.69) is 77.4 Å². The highest BCUT2D eigenvalue weighted by Crippen LogP contribution is 2.16. The number of guanidine groups is 1. The summed E-state index contributed by atoms with van der Waals surface area (Å²) in [5.41, 5.74) is 2.65. The van der Waals surface area contributed by atoms with E-state index in [1.165, 1.54) is 24.0 Å². The van der Waals surface area contributed by atoms with Gasteiger partial charge in [0.1, 0.15) is 12.4 Å². The molecule has 1 aromatic heterocycles. The molecule has 6 heteroatoms. The topological polar surface area (TPSA) is 67.1 Å². The summed E-state index contributed by atoms with van der Waals surface area (Å²) in [6.07, 6.45) is 4.55. The van der Waals surface area contributed by atoms with Crippen molar-refractivity contribution in [2.75, 3.05) is 6.54 Å². The predicted molar refractivity (Wildman–Crippen MR) is 114 cm³/mol. The van der Waals surface area contributed by atoms with E-state index in [9.17, 15) is 0 Å². The number of benzene rings is 1. The fourth-order valence-corrected chi connectivity index (χ4v) is 3.66. The van der Waals surface area contributed by atoms with Crippen LogP contribution in [0, 0.1) is 5.92 Å². The van der Waals surface area contributed by atoms with Crippen LogP contribution in [0.3, 0.4) is 0 Å². The number of nitrogens with zero attached hydrogens (tertiary/aromatic N) is 4. The molecule has 0 saturated carbocycles. The van der Waals surface area contributed by atoms with Crippen molar-refractivity contribution in [1.82, 2.24) is 25.4 Å². The molecule has 2 heterocycles. The van der Waals surface area contributed by atoms with Crippen LogP contribution in [0.15, 0.2) is 29.3 Å². The summed E-state index contributed by atoms with van der Waals surface area (Å²) in [6, 6.07) is 9.08. The molecule has 0 bridgehead atoms. The van der Waals surface area contributed by atoms with Crippen LogP contribution in [0.5, 0.6) is 0 Å². The van der Waals surface area contributed by atoms with Crippen molar-refractivity contribution in [2.45, 2.75) is 72.5 Å². The van der Waals surface area contributed by atoms with Gasteiger partial charge < -0.3 is 15.2 Å². The Kier molecular flexibility index (Phi) is 7.06. The van der Waals surface area contributed by atoms with E-state index < -0.39 is 0 Å². The van der Waals surface area contributed by atoms with E-state index in [0.717, 1.165) is 43.5 Å². The SMILES string of the molecule is CCNC(=NCc1nnc2n1CCCC2)NC(C)c1ccc(CC(C)C)cc1. The fourth-order valence-electron chi connectivity index (χ4n) is 3.66. The molecule has 28 heavy (non-hydrogen) atoms. The van der Waals surface area contributed by atoms with Crippen molar-refractivity contribution >= 4 is 5.96 Å². The van der Waals surface area contributed by atoms with Crippen LogP contribution in [0.4, 0.5) is 0 Å². The van der Waals surface area contributed by atoms with Gasteiger partial charge in [-0.05, 0) is 50.2 Å². The average Bonchev–Trinajstić information content (AvgIpc) is 3.09. The lowest BCUT2D eigenvalue weighted by molar-refractivity contribution is 0.508. The zero-order chi connectivity index (χ0) is 19.9. The Labute approximate surface area is 168 Å². The number of fused-ring (bicyclic) bond motifs is 1. The number of rotatable bonds is 7. The molecule has 1 aromatic carbocycles. The maximum Gasteiger partial charge on any atom is 0.192 e. The average molecular weight is 383 g/mol. The van der Waals surface area contributed by atoms with E-state index in [-0.39, 0.29) is 6.04 Å². The van der Waals surface area contributed by atoms with E-state index in [1.807, 2.05) is 0 Å². The zero-order valence-corrected chi connectivity index (χ0v) is 17.7. The van der Waals surface area contributed by atoms with Gasteiger partial charge in [-0.2, -0.15) is 0 Å². The Balaban J connectivity index is 1.64. The molecular formula is C22H34N6. The summed E-state index contributed by atoms with van der Waals surface area (Å²) in [5.74, 6) is 3.55. The number of aromatic nitrogens is 3. The highest BCUT2D eigenvalue weighted by atomic mass is 15.3. The van der Waals surface area contributed by atoms with Gasteiger partial charge in [0.15, 0.2) is 11.8 Å². The third-order valence-corrected chi connectivity index (χ3v) is 5.14. The zero-order valence-electron chi connectivity index (χ0n) is 17.7. The molecule has 1 atom stereocenters. The highest BCUT2D eigenvalue weighted by molar-refractivity contribution is 5.80. The third kappa shape index (κ3) is 5.33. The molecule has 0 spiro atoms. The van der Waals surface area contributed by atoms with Gasteiger partial charge in [-0.15, -0.1) is 10.2 Å². The van der Waals surface area contributed by atoms with Crippen LogP contribution >= 0.6 is 0 Å². The summed E-state index contributed by atoms with van der Waals surface area (Å²) in [7, 11) is 0. The first kappa shape index (κ1) is 20.4. The van der Waals surface area contributed by atoms with Gasteiger partial charge in [0.2, 0.25) is 0 Å². The molecule has 1 aliphatic heterocycles. The summed E-state index contributed by atoms with van der Waals surface area (Å²) < 4.78 is 2.23. The number of hydrogen-bond acceptors (Lipinski definition) is 3. The number of aryl methyl sites for hydroxylation is 1. The van der Waals surface area contributed by atoms with E-state index >= 15 is 0 Å². The Morgan fingerprint density at radius 2 is 1.93 bits per heavy atom. The Bertz CT molecular complexity index is 775. The number of nitrogens with one attached hydrogen (secondary N) is 2. The van der Waals surface area contributed by atoms with Crippen molar-refractivity contribution in [3.05, 3.63) is 47.0 Å². The minimum absolute atomic E-state index is 0.179. The van der Waals surface area contributed by atoms with Crippen molar-refractivity contribution < 1.29 is 0 Å². The van der Waals surface area contributed by atoms with Crippen LogP contribution in [0.25, 0.3) is 0 Å². The second-order valence-electron chi connectivity index (χ2n) is 8.04. The fraction of sp³-hybridized carbons (Fsp3) is 0.591. The standard InChI is InChI=1S/C22H34N6/c1-5-23-22(24-15-21-27-26-20-8-6-7-13-28(20)21)25-17(4)19-11-9-18(10-12-19)14-16(2)3/h9-12,16-17H,5-8,13-15H2,1-4H3,(H2,23,24,25). The van der Waals surface area contributed by atoms with Gasteiger partial charge in [0.05, 0.1) is 6.04 Å². The van der Waals surface area contributed by atoms with Crippen LogP contribution in [-0.2, 0) is 25.9 Å². The molecule has 0 fully saturated rings. The van der Waals surface area contributed by atoms with Crippen LogP contribution in [0.2, 0.25) is 0 Å². The number of aliphatic imine (C=N–C) groups is 1. The minimum atomic E-state index is 0.179. The molecule has 0 amide bonds. The van der Waals surface area contributed by atoms with Crippen LogP contribution < -0.4 is 10.6 Å². The van der Waals surface area contributed by atoms with Gasteiger partial charge >= 0.3 is 0 Å². The molecule has 1 aliphatic rings. The summed E-state index contributed by atoms with van der Waals surface area (Å²) in [4.78, 5) is 4.76. The maximum atomic E-state index is 4.76. The van der Waals surface area contributed by atoms with Gasteiger partial charge in [-0.25, -0.2) is 4.99 Å². The van der Waals surface area contributed by atoms with E-state index in [4.69, 9.17) is 4.99 Å². The minimum Gasteiger partial charge on any atom is -0.357 e. The smallest absolute Gasteiger partial charge is 0.192 e. The van der Waals surface area contributed by atoms with Crippen molar-refractivity contribution in [1.29, 1.82) is 0 Å². The van der Waals surface area contributed by atoms with Crippen LogP contribution in [-0.4, -0.2) is 27.3 Å². The van der Waals surface area contributed by atoms with E-state index in [0.29, 0.717) is 12.5 Å². The summed E-state index contributed by atoms with van der Waals surface area (Å²) in [5, 5.41) is 15.5. The van der Waals surface area contributed by atoms with Gasteiger partial charge in [-0.3, -0.25) is 0 Å². The Hall–Kier alpha value is -2.37. The molecule has 0 radical (unpaired) electrons. The molecule has 2 aromatic rings. The van der Waals surface area contributed by atoms with Crippen molar-refractivity contribution in [2.24, 2.45) is 10.9 Å². The lowest BCUT2D eigenvalue weighted by Crippen LogP contribution is -2.38. The molecule has 2 N–H and O–H groups in total. The largest absolute Gasteiger partial charge is 0.357 e. The molecular weight excluding hydrogens is 348 g/mol. The lowest BCUT2D eigenvalue weighted by Gasteiger charge is -2.19. The monoisotopic (exact) mass is 382 g/mol. The first-order valence-corrected chi connectivity index (χ1v) is 10.6. The predicted octanol–water partition coefficient (Wildman–Crippen LogP) is 3.63. The Morgan fingerprint density at radius 3 is 2.64 bits per heavy atom. The van der Waals surface area contributed by atoms with Gasteiger partial charge in [-0.1, -0.05) is 38.1 Å². The molecule has 6 nitrogen and oxygen atoms in total. The number of hydrogen-bond donors (Lipinski definition) is 2. The van der Waals surface area contributed by atoms with Crippen molar-refractivity contribution in [3.63, 3.8) is 0 Å². The van der Waals surface area contributed by atoms with Gasteiger partial charge in [0.25, 0.3) is 0 Å². The quantitative estimate of drug-likeness (QED) is 0.567. The second kappa shape index (κ2) is 9.71. The van der Waals surface area contributed by atoms with Gasteiger partial charge in [0, 0.05) is 19.5 Å². The molecule has 0 saturated heterocycles. The first-order valence-electron chi connectivity index (χ1n) is 10.6. The first-order chi connectivity index (χ1) is 13.6. The molecule has 152 valence electrons. The van der Waals surface area contributed by atoms with Crippen LogP contribution in [0.1, 0.15) is 69.4 Å². The molecule has 1 unspecified atom stereocenters. The normalized spacial score (nSPS) is 15.4. The Morgan fingerprint density at radius 1 is 1.14 bits per heavy atom. The highest BCUT2D eigenvalue weighted by Gasteiger charge is 2.15. The lowest BCUT2D eigenvalue weighted by atomic mass is 10.00. The molecule has 0 aliphatic carbocycles. The summed E-state index contributed by atoms with van der Waals surface area (Å²) in [6.45, 7) is 11.1. The maximum absolute atomic E-state index is 4.76. The summed E-state index contributed by atoms with van der Waals surface area (Å²) >= 11 is 0. The molecule has 3 rings (SSSR count). The third-order valence-electron chi connectivity index (χ3n) is 5.14. The second-order valence-corrected chi connectivity index (χ2v) is 8.04.